The van der Waals surface area contributed by atoms with E-state index < -0.39 is 0 Å². The Labute approximate surface area is 132 Å². The van der Waals surface area contributed by atoms with Gasteiger partial charge in [0.15, 0.2) is 0 Å². The summed E-state index contributed by atoms with van der Waals surface area (Å²) >= 11 is 0. The first-order valence-corrected chi connectivity index (χ1v) is 7.97. The second kappa shape index (κ2) is 9.20. The van der Waals surface area contributed by atoms with Crippen molar-refractivity contribution < 1.29 is 9.53 Å². The maximum atomic E-state index is 10.6. The van der Waals surface area contributed by atoms with E-state index in [1.54, 1.807) is 12.3 Å². The highest BCUT2D eigenvalue weighted by Crippen LogP contribution is 2.15. The number of pyridine rings is 1. The van der Waals surface area contributed by atoms with Gasteiger partial charge in [-0.3, -0.25) is 9.69 Å². The number of piperidine rings is 1. The predicted octanol–water partition coefficient (Wildman–Crippen LogP) is 2.27. The lowest BCUT2D eigenvalue weighted by molar-refractivity contribution is -0.117. The fraction of sp³-hybridized carbons (Fsp3) is 0.529. The van der Waals surface area contributed by atoms with Crippen LogP contribution in [-0.4, -0.2) is 35.5 Å². The molecule has 22 heavy (non-hydrogen) atoms. The molecule has 1 amide bonds. The summed E-state index contributed by atoms with van der Waals surface area (Å²) in [5.74, 6) is 0.349. The third-order valence-corrected chi connectivity index (χ3v) is 3.67. The molecule has 5 nitrogen and oxygen atoms in total. The first-order valence-electron chi connectivity index (χ1n) is 7.97. The van der Waals surface area contributed by atoms with Crippen LogP contribution in [0.15, 0.2) is 30.5 Å². The summed E-state index contributed by atoms with van der Waals surface area (Å²) < 4.78 is 5.65. The molecule has 5 heteroatoms. The summed E-state index contributed by atoms with van der Waals surface area (Å²) in [6.07, 6.45) is 10.4. The van der Waals surface area contributed by atoms with Crippen LogP contribution in [0.25, 0.3) is 0 Å². The monoisotopic (exact) mass is 303 g/mol. The van der Waals surface area contributed by atoms with Crippen LogP contribution in [0.2, 0.25) is 0 Å². The van der Waals surface area contributed by atoms with Gasteiger partial charge < -0.3 is 10.5 Å². The van der Waals surface area contributed by atoms with E-state index in [9.17, 15) is 4.79 Å². The molecule has 0 saturated carbocycles. The Morgan fingerprint density at radius 3 is 2.91 bits per heavy atom. The van der Waals surface area contributed by atoms with Gasteiger partial charge in [0.05, 0.1) is 6.61 Å². The Kier molecular flexibility index (Phi) is 6.90. The van der Waals surface area contributed by atoms with Gasteiger partial charge in [0, 0.05) is 25.2 Å². The molecule has 1 aromatic heterocycles. The molecule has 1 aliphatic rings. The highest BCUT2D eigenvalue weighted by Gasteiger charge is 2.10. The number of primary amides is 1. The van der Waals surface area contributed by atoms with Crippen molar-refractivity contribution in [1.82, 2.24) is 9.88 Å². The van der Waals surface area contributed by atoms with Crippen molar-refractivity contribution in [3.05, 3.63) is 36.0 Å². The fourth-order valence-corrected chi connectivity index (χ4v) is 2.55. The van der Waals surface area contributed by atoms with Gasteiger partial charge in [-0.15, -0.1) is 0 Å². The van der Waals surface area contributed by atoms with E-state index in [1.165, 1.54) is 37.9 Å². The van der Waals surface area contributed by atoms with Gasteiger partial charge in [-0.2, -0.15) is 0 Å². The predicted molar refractivity (Wildman–Crippen MR) is 86.4 cm³/mol. The molecular formula is C17H25N3O2. The highest BCUT2D eigenvalue weighted by atomic mass is 16.5. The van der Waals surface area contributed by atoms with E-state index in [1.807, 2.05) is 18.2 Å². The summed E-state index contributed by atoms with van der Waals surface area (Å²) in [5, 5.41) is 0. The minimum atomic E-state index is -0.316. The van der Waals surface area contributed by atoms with Crippen LogP contribution in [0.4, 0.5) is 0 Å². The maximum Gasteiger partial charge on any atom is 0.221 e. The Hall–Kier alpha value is -1.88. The van der Waals surface area contributed by atoms with Crippen molar-refractivity contribution in [3.63, 3.8) is 0 Å². The number of nitrogens with zero attached hydrogens (tertiary/aromatic N) is 2. The van der Waals surface area contributed by atoms with Crippen molar-refractivity contribution in [2.24, 2.45) is 5.73 Å². The Bertz CT molecular complexity index is 496. The average Bonchev–Trinajstić information content (AvgIpc) is 2.52. The summed E-state index contributed by atoms with van der Waals surface area (Å²) in [6.45, 7) is 3.89. The normalized spacial score (nSPS) is 16.0. The molecule has 0 aromatic carbocycles. The second-order valence-electron chi connectivity index (χ2n) is 5.62. The molecule has 0 unspecified atom stereocenters. The topological polar surface area (TPSA) is 68.5 Å². The van der Waals surface area contributed by atoms with Crippen molar-refractivity contribution in [2.45, 2.75) is 38.6 Å². The van der Waals surface area contributed by atoms with Gasteiger partial charge in [-0.25, -0.2) is 4.98 Å². The molecule has 0 bridgehead atoms. The lowest BCUT2D eigenvalue weighted by atomic mass is 10.1. The first kappa shape index (κ1) is 16.5. The molecule has 2 N–H and O–H groups in total. The minimum absolute atomic E-state index is 0.281. The lowest BCUT2D eigenvalue weighted by Crippen LogP contribution is -2.29. The molecule has 120 valence electrons. The van der Waals surface area contributed by atoms with E-state index >= 15 is 0 Å². The third kappa shape index (κ3) is 6.26. The van der Waals surface area contributed by atoms with Gasteiger partial charge in [0.1, 0.15) is 0 Å². The van der Waals surface area contributed by atoms with E-state index in [-0.39, 0.29) is 12.3 Å². The molecule has 0 atom stereocenters. The number of carbonyl (C=O) groups is 1. The summed E-state index contributed by atoms with van der Waals surface area (Å²) in [6, 6.07) is 4.07. The first-order chi connectivity index (χ1) is 10.7. The maximum absolute atomic E-state index is 10.6. The number of amides is 1. The molecule has 1 saturated heterocycles. The van der Waals surface area contributed by atoms with Crippen molar-refractivity contribution in [3.8, 4) is 5.88 Å². The lowest BCUT2D eigenvalue weighted by Gasteiger charge is -2.26. The largest absolute Gasteiger partial charge is 0.477 e. The Morgan fingerprint density at radius 2 is 2.14 bits per heavy atom. The van der Waals surface area contributed by atoms with Crippen molar-refractivity contribution in [2.75, 3.05) is 19.7 Å². The second-order valence-corrected chi connectivity index (χ2v) is 5.62. The number of likely N-dealkylation sites (tertiary alicyclic amines) is 1. The van der Waals surface area contributed by atoms with E-state index in [0.29, 0.717) is 12.5 Å². The standard InChI is InChI=1S/C17H25N3O2/c18-16(21)7-3-1-6-12-22-17-13-15(8-9-19-17)14-20-10-4-2-5-11-20/h1,3,8-9,13H,2,4-7,10-12,14H2,(H2,18,21)/b3-1-. The zero-order chi connectivity index (χ0) is 15.6. The van der Waals surface area contributed by atoms with Gasteiger partial charge in [-0.1, -0.05) is 18.6 Å². The number of carbonyl (C=O) groups excluding carboxylic acids is 1. The van der Waals surface area contributed by atoms with Crippen LogP contribution in [-0.2, 0) is 11.3 Å². The number of rotatable bonds is 8. The molecule has 1 fully saturated rings. The van der Waals surface area contributed by atoms with Crippen LogP contribution in [0, 0.1) is 0 Å². The van der Waals surface area contributed by atoms with Gasteiger partial charge >= 0.3 is 0 Å². The SMILES string of the molecule is NC(=O)C/C=C\CCOc1cc(CN2CCCCC2)ccn1. The molecule has 0 spiro atoms. The zero-order valence-electron chi connectivity index (χ0n) is 13.0. The molecule has 2 rings (SSSR count). The highest BCUT2D eigenvalue weighted by molar-refractivity contribution is 5.75. The van der Waals surface area contributed by atoms with E-state index in [0.717, 1.165) is 13.0 Å². The zero-order valence-corrected chi connectivity index (χ0v) is 13.0. The van der Waals surface area contributed by atoms with Crippen molar-refractivity contribution >= 4 is 5.91 Å². The van der Waals surface area contributed by atoms with Gasteiger partial charge in [0.25, 0.3) is 0 Å². The van der Waals surface area contributed by atoms with Crippen LogP contribution >= 0.6 is 0 Å². The number of aromatic nitrogens is 1. The molecule has 2 heterocycles. The third-order valence-electron chi connectivity index (χ3n) is 3.67. The Morgan fingerprint density at radius 1 is 1.32 bits per heavy atom. The van der Waals surface area contributed by atoms with Crippen LogP contribution < -0.4 is 10.5 Å². The molecule has 1 aromatic rings. The van der Waals surface area contributed by atoms with Crippen molar-refractivity contribution in [1.29, 1.82) is 0 Å². The summed E-state index contributed by atoms with van der Waals surface area (Å²) in [4.78, 5) is 17.3. The van der Waals surface area contributed by atoms with Crippen LogP contribution in [0.1, 0.15) is 37.7 Å². The minimum Gasteiger partial charge on any atom is -0.477 e. The van der Waals surface area contributed by atoms with Gasteiger partial charge in [0.2, 0.25) is 11.8 Å². The number of hydrogen-bond acceptors (Lipinski definition) is 4. The Balaban J connectivity index is 1.73. The number of nitrogens with two attached hydrogens (primary N) is 1. The molecule has 1 aliphatic heterocycles. The summed E-state index contributed by atoms with van der Waals surface area (Å²) in [5.41, 5.74) is 6.30. The van der Waals surface area contributed by atoms with Gasteiger partial charge in [-0.05, 0) is 44.0 Å². The average molecular weight is 303 g/mol. The summed E-state index contributed by atoms with van der Waals surface area (Å²) in [7, 11) is 0. The molecule has 0 aliphatic carbocycles. The smallest absolute Gasteiger partial charge is 0.221 e. The number of hydrogen-bond donors (Lipinski definition) is 1. The molecular weight excluding hydrogens is 278 g/mol. The molecule has 0 radical (unpaired) electrons. The van der Waals surface area contributed by atoms with E-state index in [4.69, 9.17) is 10.5 Å². The fourth-order valence-electron chi connectivity index (χ4n) is 2.55. The van der Waals surface area contributed by atoms with E-state index in [2.05, 4.69) is 9.88 Å². The van der Waals surface area contributed by atoms with Crippen LogP contribution in [0.3, 0.4) is 0 Å². The quantitative estimate of drug-likeness (QED) is 0.591. The number of ether oxygens (including phenoxy) is 1. The van der Waals surface area contributed by atoms with Crippen LogP contribution in [0.5, 0.6) is 5.88 Å².